The summed E-state index contributed by atoms with van der Waals surface area (Å²) >= 11 is 14.1. The van der Waals surface area contributed by atoms with Crippen molar-refractivity contribution < 1.29 is 19.4 Å². The molecule has 13 heteroatoms. The van der Waals surface area contributed by atoms with Crippen molar-refractivity contribution in [3.8, 4) is 45.4 Å². The lowest BCUT2D eigenvalue weighted by Crippen LogP contribution is -2.35. The Morgan fingerprint density at radius 3 is 1.96 bits per heavy atom. The fourth-order valence-electron chi connectivity index (χ4n) is 6.36. The summed E-state index contributed by atoms with van der Waals surface area (Å²) in [5, 5.41) is 20.2. The molecule has 2 aliphatic rings. The molecule has 0 bridgehead atoms. The summed E-state index contributed by atoms with van der Waals surface area (Å²) in [5.41, 5.74) is 5.32. The molecule has 1 aliphatic carbocycles. The van der Waals surface area contributed by atoms with E-state index in [4.69, 9.17) is 42.6 Å². The first-order chi connectivity index (χ1) is 23.4. The van der Waals surface area contributed by atoms with Gasteiger partial charge in [-0.25, -0.2) is 9.97 Å². The molecule has 3 atom stereocenters. The highest BCUT2D eigenvalue weighted by Gasteiger charge is 2.25. The van der Waals surface area contributed by atoms with E-state index < -0.39 is 0 Å². The Labute approximate surface area is 289 Å². The molecule has 252 valence electrons. The van der Waals surface area contributed by atoms with Gasteiger partial charge in [0.15, 0.2) is 0 Å². The molecule has 4 N–H and O–H groups in total. The number of carbonyl (C=O) groups excluding carboxylic acids is 1. The minimum atomic E-state index is 0.0834. The Kier molecular flexibility index (Phi) is 11.0. The second-order valence-corrected chi connectivity index (χ2v) is 12.9. The molecule has 1 amide bonds. The maximum absolute atomic E-state index is 11.5. The average Bonchev–Trinajstić information content (AvgIpc) is 3.76. The molecule has 0 unspecified atom stereocenters. The maximum Gasteiger partial charge on any atom is 0.237 e. The third-order valence-corrected chi connectivity index (χ3v) is 9.79. The molecule has 1 aliphatic heterocycles. The van der Waals surface area contributed by atoms with Crippen molar-refractivity contribution in [2.75, 3.05) is 27.4 Å². The van der Waals surface area contributed by atoms with Crippen molar-refractivity contribution in [1.82, 2.24) is 35.9 Å². The van der Waals surface area contributed by atoms with Crippen LogP contribution < -0.4 is 25.4 Å². The monoisotopic (exact) mass is 691 g/mol. The molecule has 11 nitrogen and oxygen atoms in total. The molecular formula is C35H39Cl2N7O4. The molecule has 2 fully saturated rings. The van der Waals surface area contributed by atoms with Crippen LogP contribution in [0.5, 0.6) is 11.8 Å². The average molecular weight is 693 g/mol. The molecule has 4 aromatic rings. The van der Waals surface area contributed by atoms with Gasteiger partial charge in [0.05, 0.1) is 48.0 Å². The number of halogens is 2. The molecule has 1 saturated carbocycles. The van der Waals surface area contributed by atoms with Gasteiger partial charge in [-0.2, -0.15) is 0 Å². The zero-order chi connectivity index (χ0) is 33.6. The minimum Gasteiger partial charge on any atom is -0.480 e. The molecule has 0 spiro atoms. The lowest BCUT2D eigenvalue weighted by Gasteiger charge is -2.16. The van der Waals surface area contributed by atoms with Crippen LogP contribution in [0.3, 0.4) is 0 Å². The van der Waals surface area contributed by atoms with Crippen molar-refractivity contribution in [1.29, 1.82) is 0 Å². The van der Waals surface area contributed by atoms with Gasteiger partial charge in [0.1, 0.15) is 11.4 Å². The summed E-state index contributed by atoms with van der Waals surface area (Å²) in [6.07, 6.45) is 7.75. The maximum atomic E-state index is 11.5. The first-order valence-corrected chi connectivity index (χ1v) is 16.9. The number of aromatic nitrogens is 4. The predicted octanol–water partition coefficient (Wildman–Crippen LogP) is 5.21. The van der Waals surface area contributed by atoms with Crippen LogP contribution in [0, 0.1) is 5.92 Å². The molecule has 6 rings (SSSR count). The summed E-state index contributed by atoms with van der Waals surface area (Å²) in [5.74, 6) is 1.25. The summed E-state index contributed by atoms with van der Waals surface area (Å²) in [6, 6.07) is 11.8. The Balaban J connectivity index is 1.21. The number of aliphatic hydroxyl groups is 1. The highest BCUT2D eigenvalue weighted by molar-refractivity contribution is 6.39. The summed E-state index contributed by atoms with van der Waals surface area (Å²) in [6.45, 7) is 1.82. The number of rotatable bonds is 13. The molecule has 1 saturated heterocycles. The molecule has 48 heavy (non-hydrogen) atoms. The van der Waals surface area contributed by atoms with Gasteiger partial charge in [0.25, 0.3) is 0 Å². The van der Waals surface area contributed by atoms with Gasteiger partial charge in [0.2, 0.25) is 17.7 Å². The number of benzene rings is 2. The topological polar surface area (TPSA) is 143 Å². The van der Waals surface area contributed by atoms with Crippen molar-refractivity contribution in [2.45, 2.75) is 57.3 Å². The Morgan fingerprint density at radius 2 is 1.44 bits per heavy atom. The number of carbonyl (C=O) groups is 1. The minimum absolute atomic E-state index is 0.0834. The number of nitrogens with one attached hydrogen (secondary N) is 3. The molecular weight excluding hydrogens is 653 g/mol. The number of nitrogens with zero attached hydrogens (tertiary/aromatic N) is 4. The molecule has 0 radical (unpaired) electrons. The van der Waals surface area contributed by atoms with Crippen LogP contribution >= 0.6 is 23.2 Å². The van der Waals surface area contributed by atoms with Gasteiger partial charge in [0, 0.05) is 67.0 Å². The number of ether oxygens (including phenoxy) is 2. The largest absolute Gasteiger partial charge is 0.480 e. The summed E-state index contributed by atoms with van der Waals surface area (Å²) in [7, 11) is 3.14. The summed E-state index contributed by atoms with van der Waals surface area (Å²) in [4.78, 5) is 30.3. The molecule has 2 aromatic carbocycles. The third kappa shape index (κ3) is 7.55. The van der Waals surface area contributed by atoms with Crippen LogP contribution in [0.4, 0.5) is 0 Å². The Morgan fingerprint density at radius 1 is 0.854 bits per heavy atom. The van der Waals surface area contributed by atoms with Crippen molar-refractivity contribution in [3.63, 3.8) is 0 Å². The second-order valence-electron chi connectivity index (χ2n) is 12.1. The van der Waals surface area contributed by atoms with Gasteiger partial charge in [-0.1, -0.05) is 59.6 Å². The number of hydrogen-bond acceptors (Lipinski definition) is 10. The van der Waals surface area contributed by atoms with Crippen LogP contribution in [-0.2, 0) is 17.9 Å². The first kappa shape index (κ1) is 34.0. The fraction of sp³-hybridized carbons (Fsp3) is 0.400. The van der Waals surface area contributed by atoms with E-state index in [1.54, 1.807) is 26.6 Å². The van der Waals surface area contributed by atoms with E-state index >= 15 is 0 Å². The van der Waals surface area contributed by atoms with Crippen LogP contribution in [0.15, 0.2) is 48.8 Å². The van der Waals surface area contributed by atoms with E-state index in [2.05, 4.69) is 25.9 Å². The van der Waals surface area contributed by atoms with Crippen LogP contribution in [0.2, 0.25) is 10.0 Å². The Bertz CT molecular complexity index is 1780. The van der Waals surface area contributed by atoms with E-state index in [0.717, 1.165) is 36.8 Å². The second kappa shape index (κ2) is 15.6. The number of amides is 1. The van der Waals surface area contributed by atoms with Crippen molar-refractivity contribution >= 4 is 29.1 Å². The van der Waals surface area contributed by atoms with E-state index in [-0.39, 0.29) is 18.6 Å². The number of hydrogen-bond donors (Lipinski definition) is 4. The fourth-order valence-corrected chi connectivity index (χ4v) is 7.01. The zero-order valence-corrected chi connectivity index (χ0v) is 28.4. The van der Waals surface area contributed by atoms with Crippen LogP contribution in [0.25, 0.3) is 33.6 Å². The van der Waals surface area contributed by atoms with Gasteiger partial charge >= 0.3 is 0 Å². The lowest BCUT2D eigenvalue weighted by molar-refractivity contribution is -0.119. The van der Waals surface area contributed by atoms with Gasteiger partial charge in [-0.15, -0.1) is 0 Å². The highest BCUT2D eigenvalue weighted by atomic mass is 35.5. The molecule has 2 aromatic heterocycles. The SMILES string of the molecule is COc1nc(-c2cccc(-c3cccc(-c4cnc(CN[C@H]5CC[C@@H](CO)C5)c(OC)n4)c3Cl)c2Cl)cnc1CNC[C@@H]1CCC(=O)N1. The standard InChI is InChI=1S/C35H39Cl2N7O4/c1-47-34-29(15-38-14-22-11-12-31(46)42-22)40-16-27(43-34)25-7-3-5-23(32(25)36)24-6-4-8-26(33(24)37)28-17-41-30(35(44-28)48-2)18-39-21-10-9-20(13-21)19-45/h3-8,16-17,20-22,38-39,45H,9-15,18-19H2,1-2H3,(H,42,46)/t20-,21+,22+/m1/s1. The zero-order valence-electron chi connectivity index (χ0n) is 26.9. The highest BCUT2D eigenvalue weighted by Crippen LogP contribution is 2.42. The smallest absolute Gasteiger partial charge is 0.237 e. The normalized spacial score (nSPS) is 19.0. The summed E-state index contributed by atoms with van der Waals surface area (Å²) < 4.78 is 11.2. The van der Waals surface area contributed by atoms with E-state index in [1.165, 1.54) is 0 Å². The quantitative estimate of drug-likeness (QED) is 0.148. The van der Waals surface area contributed by atoms with E-state index in [1.807, 2.05) is 36.4 Å². The number of methoxy groups -OCH3 is 2. The first-order valence-electron chi connectivity index (χ1n) is 16.1. The predicted molar refractivity (Wildman–Crippen MR) is 185 cm³/mol. The van der Waals surface area contributed by atoms with Crippen molar-refractivity contribution in [3.05, 3.63) is 70.2 Å². The van der Waals surface area contributed by atoms with E-state index in [9.17, 15) is 9.90 Å². The van der Waals surface area contributed by atoms with Gasteiger partial charge < -0.3 is 30.5 Å². The molecule has 3 heterocycles. The van der Waals surface area contributed by atoms with E-state index in [0.29, 0.717) is 93.7 Å². The Hall–Kier alpha value is -3.87. The number of aliphatic hydroxyl groups excluding tert-OH is 1. The van der Waals surface area contributed by atoms with Crippen molar-refractivity contribution in [2.24, 2.45) is 5.92 Å². The van der Waals surface area contributed by atoms with Crippen LogP contribution in [-0.4, -0.2) is 70.4 Å². The van der Waals surface area contributed by atoms with Gasteiger partial charge in [-0.05, 0) is 31.6 Å². The van der Waals surface area contributed by atoms with Crippen LogP contribution in [0.1, 0.15) is 43.5 Å². The third-order valence-electron chi connectivity index (χ3n) is 8.98. The van der Waals surface area contributed by atoms with Gasteiger partial charge in [-0.3, -0.25) is 14.8 Å². The lowest BCUT2D eigenvalue weighted by atomic mass is 9.98.